The smallest absolute Gasteiger partial charge is 0.294 e. The zero-order valence-electron chi connectivity index (χ0n) is 21.4. The maximum absolute atomic E-state index is 11.2. The molecule has 0 aliphatic heterocycles. The van der Waals surface area contributed by atoms with E-state index in [0.29, 0.717) is 6.42 Å². The molecule has 34 heavy (non-hydrogen) atoms. The molecule has 6 nitrogen and oxygen atoms in total. The molecule has 6 heteroatoms. The van der Waals surface area contributed by atoms with Gasteiger partial charge in [-0.1, -0.05) is 100 Å². The Bertz CT molecular complexity index is 670. The van der Waals surface area contributed by atoms with Crippen LogP contribution in [0.3, 0.4) is 0 Å². The molecule has 1 aliphatic rings. The number of rotatable bonds is 14. The first kappa shape index (κ1) is 29.7. The van der Waals surface area contributed by atoms with Crippen LogP contribution in [0.4, 0.5) is 0 Å². The van der Waals surface area contributed by atoms with Gasteiger partial charge in [0.15, 0.2) is 0 Å². The minimum Gasteiger partial charge on any atom is -0.354 e. The van der Waals surface area contributed by atoms with Crippen LogP contribution in [0.25, 0.3) is 0 Å². The lowest BCUT2D eigenvalue weighted by Crippen LogP contribution is -2.32. The van der Waals surface area contributed by atoms with Crippen LogP contribution in [0.5, 0.6) is 0 Å². The summed E-state index contributed by atoms with van der Waals surface area (Å²) in [5, 5.41) is 11.7. The van der Waals surface area contributed by atoms with E-state index in [1.54, 1.807) is 0 Å². The van der Waals surface area contributed by atoms with E-state index in [0.717, 1.165) is 18.8 Å². The molecule has 1 N–H and O–H groups in total. The molecular weight excluding hydrogens is 428 g/mol. The molecule has 0 spiro atoms. The molecule has 0 heterocycles. The fourth-order valence-electron chi connectivity index (χ4n) is 4.31. The first-order chi connectivity index (χ1) is 16.5. The SMILES string of the molecule is C/C=C\CCCC(=O)NCC(C)O[N+](=O)[O-].c1ccc(CCCCCC2CCCCCC2)cc1. The third-order valence-corrected chi connectivity index (χ3v) is 6.26. The highest BCUT2D eigenvalue weighted by Gasteiger charge is 2.11. The number of aryl methyl sites for hydroxylation is 1. The normalized spacial score (nSPS) is 15.1. The lowest BCUT2D eigenvalue weighted by atomic mass is 9.93. The summed E-state index contributed by atoms with van der Waals surface area (Å²) in [6, 6.07) is 10.9. The summed E-state index contributed by atoms with van der Waals surface area (Å²) < 4.78 is 0. The number of carbonyl (C=O) groups is 1. The van der Waals surface area contributed by atoms with Gasteiger partial charge in [0.25, 0.3) is 5.09 Å². The van der Waals surface area contributed by atoms with Crippen molar-refractivity contribution in [2.75, 3.05) is 6.54 Å². The van der Waals surface area contributed by atoms with Gasteiger partial charge in [0, 0.05) is 13.0 Å². The Morgan fingerprint density at radius 2 is 1.82 bits per heavy atom. The van der Waals surface area contributed by atoms with Gasteiger partial charge < -0.3 is 10.2 Å². The molecular formula is C28H46N2O4. The second-order valence-electron chi connectivity index (χ2n) is 9.35. The number of hydrogen-bond acceptors (Lipinski definition) is 4. The van der Waals surface area contributed by atoms with Crippen LogP contribution in [0, 0.1) is 16.0 Å². The second-order valence-corrected chi connectivity index (χ2v) is 9.35. The summed E-state index contributed by atoms with van der Waals surface area (Å²) in [6.07, 6.45) is 21.4. The zero-order valence-corrected chi connectivity index (χ0v) is 21.4. The minimum absolute atomic E-state index is 0.108. The Hall–Kier alpha value is -2.37. The van der Waals surface area contributed by atoms with Crippen molar-refractivity contribution in [3.8, 4) is 0 Å². The van der Waals surface area contributed by atoms with Crippen LogP contribution in [-0.2, 0) is 16.1 Å². The maximum atomic E-state index is 11.2. The fraction of sp³-hybridized carbons (Fsp3) is 0.679. The first-order valence-electron chi connectivity index (χ1n) is 13.2. The van der Waals surface area contributed by atoms with Crippen LogP contribution < -0.4 is 5.32 Å². The molecule has 0 saturated heterocycles. The Morgan fingerprint density at radius 3 is 2.47 bits per heavy atom. The molecule has 1 fully saturated rings. The van der Waals surface area contributed by atoms with Gasteiger partial charge in [0.2, 0.25) is 5.91 Å². The Kier molecular flexibility index (Phi) is 17.5. The van der Waals surface area contributed by atoms with E-state index in [9.17, 15) is 14.9 Å². The third-order valence-electron chi connectivity index (χ3n) is 6.26. The van der Waals surface area contributed by atoms with E-state index in [4.69, 9.17) is 0 Å². The van der Waals surface area contributed by atoms with Gasteiger partial charge in [-0.05, 0) is 51.0 Å². The lowest BCUT2D eigenvalue weighted by Gasteiger charge is -2.13. The number of unbranched alkanes of at least 4 members (excludes halogenated alkanes) is 3. The number of nitrogens with one attached hydrogen (secondary N) is 1. The van der Waals surface area contributed by atoms with E-state index >= 15 is 0 Å². The molecule has 1 atom stereocenters. The van der Waals surface area contributed by atoms with Crippen LogP contribution in [-0.4, -0.2) is 23.6 Å². The topological polar surface area (TPSA) is 81.5 Å². The molecule has 192 valence electrons. The van der Waals surface area contributed by atoms with E-state index in [1.807, 2.05) is 19.1 Å². The maximum Gasteiger partial charge on any atom is 0.294 e. The van der Waals surface area contributed by atoms with Gasteiger partial charge in [0.05, 0.1) is 0 Å². The molecule has 1 amide bonds. The number of nitrogens with zero attached hydrogens (tertiary/aromatic N) is 1. The second kappa shape index (κ2) is 20.0. The molecule has 1 saturated carbocycles. The van der Waals surface area contributed by atoms with Crippen molar-refractivity contribution in [1.29, 1.82) is 0 Å². The van der Waals surface area contributed by atoms with E-state index < -0.39 is 11.2 Å². The van der Waals surface area contributed by atoms with E-state index in [1.165, 1.54) is 83.1 Å². The van der Waals surface area contributed by atoms with Crippen molar-refractivity contribution >= 4 is 5.91 Å². The molecule has 1 aromatic rings. The largest absolute Gasteiger partial charge is 0.354 e. The van der Waals surface area contributed by atoms with Crippen LogP contribution >= 0.6 is 0 Å². The highest BCUT2D eigenvalue weighted by molar-refractivity contribution is 5.75. The Balaban J connectivity index is 0.000000344. The van der Waals surface area contributed by atoms with Crippen LogP contribution in [0.2, 0.25) is 0 Å². The number of hydrogen-bond donors (Lipinski definition) is 1. The first-order valence-corrected chi connectivity index (χ1v) is 13.2. The van der Waals surface area contributed by atoms with Gasteiger partial charge >= 0.3 is 0 Å². The number of benzene rings is 1. The summed E-state index contributed by atoms with van der Waals surface area (Å²) in [4.78, 5) is 25.4. The highest BCUT2D eigenvalue weighted by atomic mass is 17.0. The number of amides is 1. The monoisotopic (exact) mass is 474 g/mol. The van der Waals surface area contributed by atoms with Gasteiger partial charge in [-0.25, -0.2) is 0 Å². The summed E-state index contributed by atoms with van der Waals surface area (Å²) >= 11 is 0. The zero-order chi connectivity index (χ0) is 24.9. The van der Waals surface area contributed by atoms with Crippen LogP contribution in [0.15, 0.2) is 42.5 Å². The third kappa shape index (κ3) is 17.2. The predicted molar refractivity (Wildman–Crippen MR) is 139 cm³/mol. The minimum atomic E-state index is -0.858. The van der Waals surface area contributed by atoms with Crippen molar-refractivity contribution in [2.24, 2.45) is 5.92 Å². The molecule has 0 bridgehead atoms. The number of carbonyl (C=O) groups excluding carboxylic acids is 1. The molecule has 1 aliphatic carbocycles. The summed E-state index contributed by atoms with van der Waals surface area (Å²) in [7, 11) is 0. The quantitative estimate of drug-likeness (QED) is 0.102. The van der Waals surface area contributed by atoms with Gasteiger partial charge in [-0.2, -0.15) is 0 Å². The standard InChI is InChI=1S/C18H28.C10H18N2O4/c1-2-6-12-17(11-5-1)13-7-3-8-14-18-15-9-4-10-16-18;1-3-4-5-6-7-10(13)11-8-9(2)16-12(14)15/h4,9-10,15-17H,1-3,5-8,11-14H2;3-4,9H,5-8H2,1-2H3,(H,11,13)/b;4-3-. The predicted octanol–water partition coefficient (Wildman–Crippen LogP) is 7.21. The summed E-state index contributed by atoms with van der Waals surface area (Å²) in [5.41, 5.74) is 1.51. The van der Waals surface area contributed by atoms with E-state index in [2.05, 4.69) is 40.5 Å². The average Bonchev–Trinajstić information content (AvgIpc) is 3.10. The fourth-order valence-corrected chi connectivity index (χ4v) is 4.31. The molecule has 0 radical (unpaired) electrons. The van der Waals surface area contributed by atoms with Crippen molar-refractivity contribution in [1.82, 2.24) is 5.32 Å². The molecule has 1 unspecified atom stereocenters. The molecule has 2 rings (SSSR count). The molecule has 0 aromatic heterocycles. The van der Waals surface area contributed by atoms with Gasteiger partial charge in [0.1, 0.15) is 6.10 Å². The Morgan fingerprint density at radius 1 is 1.12 bits per heavy atom. The lowest BCUT2D eigenvalue weighted by molar-refractivity contribution is -0.767. The van der Waals surface area contributed by atoms with Crippen molar-refractivity contribution < 1.29 is 14.7 Å². The van der Waals surface area contributed by atoms with Crippen molar-refractivity contribution in [3.63, 3.8) is 0 Å². The average molecular weight is 475 g/mol. The molecule has 1 aromatic carbocycles. The highest BCUT2D eigenvalue weighted by Crippen LogP contribution is 2.27. The van der Waals surface area contributed by atoms with Crippen molar-refractivity contribution in [2.45, 2.75) is 110 Å². The summed E-state index contributed by atoms with van der Waals surface area (Å²) in [5.74, 6) is 0.951. The summed E-state index contributed by atoms with van der Waals surface area (Å²) in [6.45, 7) is 3.61. The number of allylic oxidation sites excluding steroid dienone is 2. The van der Waals surface area contributed by atoms with Crippen LogP contribution in [0.1, 0.15) is 103 Å². The van der Waals surface area contributed by atoms with E-state index in [-0.39, 0.29) is 12.5 Å². The van der Waals surface area contributed by atoms with Gasteiger partial charge in [-0.15, -0.1) is 10.1 Å². The van der Waals surface area contributed by atoms with Gasteiger partial charge in [-0.3, -0.25) is 4.79 Å². The van der Waals surface area contributed by atoms with Crippen molar-refractivity contribution in [3.05, 3.63) is 58.2 Å². The Labute approximate surface area is 206 Å².